The van der Waals surface area contributed by atoms with Crippen molar-refractivity contribution in [2.75, 3.05) is 0 Å². The molecule has 0 saturated heterocycles. The Hall–Kier alpha value is -0.805. The molecule has 1 fully saturated rings. The largest absolute Gasteiger partial charge is 0.492 e. The fourth-order valence-electron chi connectivity index (χ4n) is 2.04. The van der Waals surface area contributed by atoms with E-state index in [-0.39, 0.29) is 0 Å². The summed E-state index contributed by atoms with van der Waals surface area (Å²) in [4.78, 5) is 0. The average Bonchev–Trinajstić information content (AvgIpc) is 2.23. The lowest BCUT2D eigenvalue weighted by Gasteiger charge is -2.27. The maximum absolute atomic E-state index is 9.17. The van der Waals surface area contributed by atoms with Crippen LogP contribution in [0.25, 0.3) is 0 Å². The van der Waals surface area contributed by atoms with E-state index in [2.05, 4.69) is 5.10 Å². The van der Waals surface area contributed by atoms with Gasteiger partial charge >= 0.3 is 7.12 Å². The van der Waals surface area contributed by atoms with Gasteiger partial charge in [-0.25, -0.2) is 0 Å². The molecule has 14 heavy (non-hydrogen) atoms. The number of nitrogens with zero attached hydrogens (tertiary/aromatic N) is 2. The molecule has 1 aliphatic carbocycles. The van der Waals surface area contributed by atoms with Crippen LogP contribution in [0.2, 0.25) is 0 Å². The first kappa shape index (κ1) is 9.74. The molecule has 0 aliphatic heterocycles. The van der Waals surface area contributed by atoms with E-state index in [1.807, 2.05) is 18.5 Å². The van der Waals surface area contributed by atoms with E-state index in [9.17, 15) is 10.0 Å². The Balaban J connectivity index is 2.38. The Labute approximate surface area is 83.7 Å². The Morgan fingerprint density at radius 2 is 2.00 bits per heavy atom. The van der Waals surface area contributed by atoms with Crippen molar-refractivity contribution >= 4 is 12.6 Å². The molecular formula is C9H15BN2O2. The van der Waals surface area contributed by atoms with E-state index in [4.69, 9.17) is 0 Å². The van der Waals surface area contributed by atoms with Crippen molar-refractivity contribution in [3.63, 3.8) is 0 Å². The zero-order valence-corrected chi connectivity index (χ0v) is 8.56. The standard InChI is InChI=1S/C9H15BN2O2/c1-6-9(10(13)14)7(2)12(11-6)8-4-3-5-8/h8,13-14H,3-5H2,1-2H3. The van der Waals surface area contributed by atoms with Gasteiger partial charge in [-0.15, -0.1) is 0 Å². The van der Waals surface area contributed by atoms with Gasteiger partial charge in [-0.3, -0.25) is 4.68 Å². The average molecular weight is 194 g/mol. The van der Waals surface area contributed by atoms with E-state index < -0.39 is 7.12 Å². The molecule has 5 heteroatoms. The maximum Gasteiger partial charge on any atom is 0.492 e. The molecule has 1 aromatic rings. The molecule has 0 spiro atoms. The summed E-state index contributed by atoms with van der Waals surface area (Å²) in [5.74, 6) is 0. The number of hydrogen-bond donors (Lipinski definition) is 2. The van der Waals surface area contributed by atoms with Gasteiger partial charge in [0.25, 0.3) is 0 Å². The smallest absolute Gasteiger partial charge is 0.423 e. The summed E-state index contributed by atoms with van der Waals surface area (Å²) in [6.07, 6.45) is 3.56. The number of aryl methyl sites for hydroxylation is 1. The van der Waals surface area contributed by atoms with E-state index in [0.717, 1.165) is 24.2 Å². The molecule has 2 N–H and O–H groups in total. The predicted octanol–water partition coefficient (Wildman–Crippen LogP) is -0.0953. The van der Waals surface area contributed by atoms with Crippen molar-refractivity contribution < 1.29 is 10.0 Å². The van der Waals surface area contributed by atoms with Gasteiger partial charge in [-0.05, 0) is 33.1 Å². The van der Waals surface area contributed by atoms with Crippen molar-refractivity contribution in [1.82, 2.24) is 9.78 Å². The SMILES string of the molecule is Cc1nn(C2CCC2)c(C)c1B(O)O. The molecule has 0 aromatic carbocycles. The van der Waals surface area contributed by atoms with Gasteiger partial charge in [0, 0.05) is 11.2 Å². The third-order valence-corrected chi connectivity index (χ3v) is 3.06. The van der Waals surface area contributed by atoms with Crippen LogP contribution in [0.4, 0.5) is 0 Å². The molecular weight excluding hydrogens is 179 g/mol. The third-order valence-electron chi connectivity index (χ3n) is 3.06. The monoisotopic (exact) mass is 194 g/mol. The lowest BCUT2D eigenvalue weighted by Crippen LogP contribution is -2.33. The van der Waals surface area contributed by atoms with Crippen LogP contribution in [-0.2, 0) is 0 Å². The molecule has 0 unspecified atom stereocenters. The molecule has 0 atom stereocenters. The first-order chi connectivity index (χ1) is 6.61. The molecule has 76 valence electrons. The molecule has 1 aliphatic rings. The molecule has 1 aromatic heterocycles. The number of aromatic nitrogens is 2. The third kappa shape index (κ3) is 1.37. The van der Waals surface area contributed by atoms with Gasteiger partial charge in [0.2, 0.25) is 0 Å². The van der Waals surface area contributed by atoms with E-state index in [1.165, 1.54) is 6.42 Å². The maximum atomic E-state index is 9.17. The molecule has 0 bridgehead atoms. The Morgan fingerprint density at radius 1 is 1.36 bits per heavy atom. The summed E-state index contributed by atoms with van der Waals surface area (Å²) in [7, 11) is -1.40. The Morgan fingerprint density at radius 3 is 2.36 bits per heavy atom. The summed E-state index contributed by atoms with van der Waals surface area (Å²) in [6, 6.07) is 0.473. The second-order valence-corrected chi connectivity index (χ2v) is 3.99. The second kappa shape index (κ2) is 3.40. The topological polar surface area (TPSA) is 58.3 Å². The van der Waals surface area contributed by atoms with Crippen LogP contribution in [0, 0.1) is 13.8 Å². The minimum absolute atomic E-state index is 0.473. The second-order valence-electron chi connectivity index (χ2n) is 3.99. The summed E-state index contributed by atoms with van der Waals surface area (Å²) < 4.78 is 1.94. The van der Waals surface area contributed by atoms with Gasteiger partial charge in [0.1, 0.15) is 0 Å². The van der Waals surface area contributed by atoms with E-state index in [1.54, 1.807) is 0 Å². The highest BCUT2D eigenvalue weighted by Gasteiger charge is 2.27. The normalized spacial score (nSPS) is 16.9. The summed E-state index contributed by atoms with van der Waals surface area (Å²) >= 11 is 0. The lowest BCUT2D eigenvalue weighted by molar-refractivity contribution is 0.284. The first-order valence-corrected chi connectivity index (χ1v) is 5.03. The quantitative estimate of drug-likeness (QED) is 0.646. The molecule has 0 amide bonds. The Kier molecular flexibility index (Phi) is 2.37. The lowest BCUT2D eigenvalue weighted by atomic mass is 9.78. The van der Waals surface area contributed by atoms with Gasteiger partial charge in [-0.2, -0.15) is 5.10 Å². The van der Waals surface area contributed by atoms with Gasteiger partial charge < -0.3 is 10.0 Å². The van der Waals surface area contributed by atoms with Crippen molar-refractivity contribution in [3.05, 3.63) is 11.4 Å². The van der Waals surface area contributed by atoms with Crippen molar-refractivity contribution in [1.29, 1.82) is 0 Å². The molecule has 0 radical (unpaired) electrons. The molecule has 2 rings (SSSR count). The van der Waals surface area contributed by atoms with Crippen LogP contribution in [0.15, 0.2) is 0 Å². The summed E-state index contributed by atoms with van der Waals surface area (Å²) in [5, 5.41) is 22.7. The fourth-order valence-corrected chi connectivity index (χ4v) is 2.04. The van der Waals surface area contributed by atoms with Crippen LogP contribution < -0.4 is 5.46 Å². The van der Waals surface area contributed by atoms with Gasteiger partial charge in [0.05, 0.1) is 11.7 Å². The van der Waals surface area contributed by atoms with Crippen molar-refractivity contribution in [3.8, 4) is 0 Å². The van der Waals surface area contributed by atoms with Crippen molar-refractivity contribution in [2.24, 2.45) is 0 Å². The number of hydrogen-bond acceptors (Lipinski definition) is 3. The minimum Gasteiger partial charge on any atom is -0.423 e. The summed E-state index contributed by atoms with van der Waals surface area (Å²) in [5.41, 5.74) is 2.18. The highest BCUT2D eigenvalue weighted by atomic mass is 16.4. The zero-order valence-electron chi connectivity index (χ0n) is 8.56. The van der Waals surface area contributed by atoms with Crippen LogP contribution >= 0.6 is 0 Å². The van der Waals surface area contributed by atoms with E-state index >= 15 is 0 Å². The highest BCUT2D eigenvalue weighted by Crippen LogP contribution is 2.31. The minimum atomic E-state index is -1.40. The molecule has 1 saturated carbocycles. The first-order valence-electron chi connectivity index (χ1n) is 5.03. The predicted molar refractivity (Wildman–Crippen MR) is 54.4 cm³/mol. The van der Waals surface area contributed by atoms with Crippen molar-refractivity contribution in [2.45, 2.75) is 39.2 Å². The van der Waals surface area contributed by atoms with Crippen LogP contribution in [0.3, 0.4) is 0 Å². The van der Waals surface area contributed by atoms with Crippen LogP contribution in [0.5, 0.6) is 0 Å². The number of rotatable bonds is 2. The highest BCUT2D eigenvalue weighted by molar-refractivity contribution is 6.59. The van der Waals surface area contributed by atoms with Gasteiger partial charge in [-0.1, -0.05) is 0 Å². The fraction of sp³-hybridized carbons (Fsp3) is 0.667. The molecule has 4 nitrogen and oxygen atoms in total. The van der Waals surface area contributed by atoms with Gasteiger partial charge in [0.15, 0.2) is 0 Å². The van der Waals surface area contributed by atoms with Crippen LogP contribution in [0.1, 0.15) is 36.7 Å². The summed E-state index contributed by atoms with van der Waals surface area (Å²) in [6.45, 7) is 3.71. The molecule has 1 heterocycles. The zero-order chi connectivity index (χ0) is 10.3. The van der Waals surface area contributed by atoms with Crippen LogP contribution in [-0.4, -0.2) is 26.9 Å². The Bertz CT molecular complexity index is 345. The van der Waals surface area contributed by atoms with E-state index in [0.29, 0.717) is 11.5 Å².